The van der Waals surface area contributed by atoms with Gasteiger partial charge >= 0.3 is 0 Å². The topological polar surface area (TPSA) is 40.8 Å². The van der Waals surface area contributed by atoms with E-state index in [-0.39, 0.29) is 0 Å². The largest absolute Gasteiger partial charge is 0.304 e. The summed E-state index contributed by atoms with van der Waals surface area (Å²) in [5, 5.41) is 0. The van der Waals surface area contributed by atoms with E-state index in [0.29, 0.717) is 12.0 Å². The number of aryl methyl sites for hydroxylation is 1. The Morgan fingerprint density at radius 2 is 1.65 bits per heavy atom. The Hall–Kier alpha value is -2.02. The smallest absolute Gasteiger partial charge is 0.137 e. The second-order valence-corrected chi connectivity index (χ2v) is 11.8. The molecule has 2 aromatic heterocycles. The molecule has 3 aromatic rings. The summed E-state index contributed by atoms with van der Waals surface area (Å²) >= 11 is 0. The normalized spacial score (nSPS) is 20.4. The third-order valence-electron chi connectivity index (χ3n) is 8.01. The maximum atomic E-state index is 11.7. The first-order chi connectivity index (χ1) is 16.4. The van der Waals surface area contributed by atoms with Crippen LogP contribution in [-0.4, -0.2) is 67.9 Å². The highest BCUT2D eigenvalue weighted by atomic mass is 32.2. The molecule has 182 valence electrons. The van der Waals surface area contributed by atoms with Crippen LogP contribution in [0, 0.1) is 6.92 Å². The lowest BCUT2D eigenvalue weighted by Crippen LogP contribution is -2.48. The molecule has 2 saturated heterocycles. The quantitative estimate of drug-likeness (QED) is 0.512. The average Bonchev–Trinajstić information content (AvgIpc) is 3.29. The van der Waals surface area contributed by atoms with Crippen LogP contribution in [0.15, 0.2) is 47.5 Å². The summed E-state index contributed by atoms with van der Waals surface area (Å²) in [5.74, 6) is 0.620. The van der Waals surface area contributed by atoms with Crippen molar-refractivity contribution in [1.29, 1.82) is 0 Å². The van der Waals surface area contributed by atoms with E-state index in [1.54, 1.807) is 6.26 Å². The number of pyridine rings is 1. The highest BCUT2D eigenvalue weighted by Crippen LogP contribution is 2.32. The number of aromatic nitrogens is 2. The molecule has 4 heterocycles. The Morgan fingerprint density at radius 3 is 2.26 bits per heavy atom. The Bertz CT molecular complexity index is 1150. The molecule has 0 N–H and O–H groups in total. The molecule has 2 aliphatic heterocycles. The number of benzene rings is 1. The van der Waals surface area contributed by atoms with Crippen molar-refractivity contribution in [1.82, 2.24) is 19.2 Å². The van der Waals surface area contributed by atoms with Crippen molar-refractivity contribution >= 4 is 16.4 Å². The number of hydrogen-bond acceptors (Lipinski definition) is 4. The Balaban J connectivity index is 1.27. The van der Waals surface area contributed by atoms with Gasteiger partial charge in [-0.3, -0.25) is 4.21 Å². The van der Waals surface area contributed by atoms with Gasteiger partial charge in [0.25, 0.3) is 0 Å². The zero-order chi connectivity index (χ0) is 23.8. The van der Waals surface area contributed by atoms with Crippen molar-refractivity contribution in [2.75, 3.05) is 32.4 Å². The third-order valence-corrected chi connectivity index (χ3v) is 8.95. The van der Waals surface area contributed by atoms with E-state index in [0.717, 1.165) is 27.8 Å². The predicted molar refractivity (Wildman–Crippen MR) is 141 cm³/mol. The fraction of sp³-hybridized carbons (Fsp3) is 0.536. The summed E-state index contributed by atoms with van der Waals surface area (Å²) < 4.78 is 13.9. The van der Waals surface area contributed by atoms with E-state index in [4.69, 9.17) is 4.98 Å². The fourth-order valence-electron chi connectivity index (χ4n) is 5.84. The van der Waals surface area contributed by atoms with Gasteiger partial charge in [0.05, 0.1) is 5.69 Å². The second-order valence-electron chi connectivity index (χ2n) is 10.4. The molecule has 0 saturated carbocycles. The highest BCUT2D eigenvalue weighted by molar-refractivity contribution is 7.84. The molecule has 1 aromatic carbocycles. The average molecular weight is 479 g/mol. The Kier molecular flexibility index (Phi) is 6.92. The molecule has 5 nitrogen and oxygen atoms in total. The minimum atomic E-state index is -0.958. The number of likely N-dealkylation sites (tertiary alicyclic amines) is 2. The van der Waals surface area contributed by atoms with E-state index in [2.05, 4.69) is 53.3 Å². The maximum absolute atomic E-state index is 11.7. The van der Waals surface area contributed by atoms with Gasteiger partial charge < -0.3 is 14.2 Å². The predicted octanol–water partition coefficient (Wildman–Crippen LogP) is 5.10. The maximum Gasteiger partial charge on any atom is 0.137 e. The van der Waals surface area contributed by atoms with Gasteiger partial charge in [-0.1, -0.05) is 12.1 Å². The highest BCUT2D eigenvalue weighted by Gasteiger charge is 2.29. The zero-order valence-corrected chi connectivity index (χ0v) is 21.9. The van der Waals surface area contributed by atoms with Gasteiger partial charge in [0.1, 0.15) is 5.65 Å². The molecule has 0 aliphatic carbocycles. The molecule has 34 heavy (non-hydrogen) atoms. The standard InChI is InChI=1S/C28H38N4OS/c1-20(2)30-15-11-25(12-16-30)31-13-9-22(10-14-31)24-17-21(3)32-19-27(29-28(32)18-24)23-5-7-26(8-6-23)34(4)33/h5-8,17-20,22,25H,9-16H2,1-4H3. The lowest BCUT2D eigenvalue weighted by Gasteiger charge is -2.43. The molecule has 2 aliphatic rings. The molecule has 6 heteroatoms. The molecule has 1 unspecified atom stereocenters. The van der Waals surface area contributed by atoms with Gasteiger partial charge in [0, 0.05) is 51.5 Å². The number of hydrogen-bond donors (Lipinski definition) is 0. The summed E-state index contributed by atoms with van der Waals surface area (Å²) in [6, 6.07) is 14.0. The molecule has 0 amide bonds. The number of piperidine rings is 2. The van der Waals surface area contributed by atoms with Gasteiger partial charge in [-0.25, -0.2) is 4.98 Å². The zero-order valence-electron chi connectivity index (χ0n) is 21.0. The first-order valence-corrected chi connectivity index (χ1v) is 14.4. The third kappa shape index (κ3) is 4.86. The monoisotopic (exact) mass is 478 g/mol. The minimum Gasteiger partial charge on any atom is -0.304 e. The van der Waals surface area contributed by atoms with Crippen molar-refractivity contribution in [2.45, 2.75) is 69.4 Å². The molecule has 5 rings (SSSR count). The van der Waals surface area contributed by atoms with Crippen LogP contribution in [0.1, 0.15) is 56.7 Å². The van der Waals surface area contributed by atoms with Gasteiger partial charge in [0.2, 0.25) is 0 Å². The van der Waals surface area contributed by atoms with Gasteiger partial charge in [-0.15, -0.1) is 0 Å². The Labute approximate surface area is 206 Å². The summed E-state index contributed by atoms with van der Waals surface area (Å²) in [4.78, 5) is 11.2. The van der Waals surface area contributed by atoms with E-state index >= 15 is 0 Å². The summed E-state index contributed by atoms with van der Waals surface area (Å²) in [6.45, 7) is 11.7. The van der Waals surface area contributed by atoms with Crippen LogP contribution in [0.5, 0.6) is 0 Å². The molecule has 0 bridgehead atoms. The molecule has 0 radical (unpaired) electrons. The van der Waals surface area contributed by atoms with Crippen molar-refractivity contribution in [3.8, 4) is 11.3 Å². The van der Waals surface area contributed by atoms with E-state index in [1.165, 1.54) is 63.1 Å². The minimum absolute atomic E-state index is 0.620. The van der Waals surface area contributed by atoms with E-state index < -0.39 is 10.8 Å². The molecule has 1 atom stereocenters. The van der Waals surface area contributed by atoms with Crippen LogP contribution in [0.3, 0.4) is 0 Å². The van der Waals surface area contributed by atoms with Crippen molar-refractivity contribution in [2.24, 2.45) is 0 Å². The summed E-state index contributed by atoms with van der Waals surface area (Å²) in [7, 11) is -0.958. The number of rotatable bonds is 5. The molecular formula is C28H38N4OS. The van der Waals surface area contributed by atoms with E-state index in [1.807, 2.05) is 24.3 Å². The van der Waals surface area contributed by atoms with Crippen LogP contribution in [0.2, 0.25) is 0 Å². The van der Waals surface area contributed by atoms with Crippen molar-refractivity contribution in [3.05, 3.63) is 53.9 Å². The number of imidazole rings is 1. The van der Waals surface area contributed by atoms with Crippen LogP contribution >= 0.6 is 0 Å². The summed E-state index contributed by atoms with van der Waals surface area (Å²) in [6.07, 6.45) is 8.95. The number of nitrogens with zero attached hydrogens (tertiary/aromatic N) is 4. The molecular weight excluding hydrogens is 440 g/mol. The van der Waals surface area contributed by atoms with Gasteiger partial charge in [-0.2, -0.15) is 0 Å². The van der Waals surface area contributed by atoms with Crippen molar-refractivity contribution < 1.29 is 4.21 Å². The summed E-state index contributed by atoms with van der Waals surface area (Å²) in [5.41, 5.74) is 5.73. The van der Waals surface area contributed by atoms with Crippen LogP contribution in [0.25, 0.3) is 16.9 Å². The van der Waals surface area contributed by atoms with E-state index in [9.17, 15) is 4.21 Å². The lowest BCUT2D eigenvalue weighted by molar-refractivity contribution is 0.0753. The van der Waals surface area contributed by atoms with Crippen LogP contribution in [0.4, 0.5) is 0 Å². The Morgan fingerprint density at radius 1 is 0.971 bits per heavy atom. The van der Waals surface area contributed by atoms with Gasteiger partial charge in [0.15, 0.2) is 0 Å². The molecule has 0 spiro atoms. The number of fused-ring (bicyclic) bond motifs is 1. The second kappa shape index (κ2) is 9.92. The van der Waals surface area contributed by atoms with Gasteiger partial charge in [-0.05, 0) is 108 Å². The fourth-order valence-corrected chi connectivity index (χ4v) is 6.36. The SMILES string of the molecule is Cc1cc(C2CCN(C3CCN(C(C)C)CC3)CC2)cc2nc(-c3ccc(S(C)=O)cc3)cn12. The molecule has 2 fully saturated rings. The van der Waals surface area contributed by atoms with Crippen LogP contribution in [-0.2, 0) is 10.8 Å². The first kappa shape index (κ1) is 23.7. The van der Waals surface area contributed by atoms with Crippen molar-refractivity contribution in [3.63, 3.8) is 0 Å². The first-order valence-electron chi connectivity index (χ1n) is 12.8. The van der Waals surface area contributed by atoms with Crippen LogP contribution < -0.4 is 0 Å². The lowest BCUT2D eigenvalue weighted by atomic mass is 9.88.